The van der Waals surface area contributed by atoms with Gasteiger partial charge in [0, 0.05) is 42.5 Å². The van der Waals surface area contributed by atoms with Crippen molar-refractivity contribution >= 4 is 5.91 Å². The predicted octanol–water partition coefficient (Wildman–Crippen LogP) is 3.30. The van der Waals surface area contributed by atoms with Crippen LogP contribution < -0.4 is 5.32 Å². The number of hydrogen-bond acceptors (Lipinski definition) is 4. The minimum atomic E-state index is -4.53. The standard InChI is InChI=1S/C18H15F3N4O2/c19-18(20,21)14-4-2-1-3-13(14)16-8-15(24-27-16)17(26)23-11-5-6-25-10-22-9-12(25)7-11/h1-4,8-11H,5-7H2,(H,23,26). The fraction of sp³-hybridized carbons (Fsp3) is 0.278. The highest BCUT2D eigenvalue weighted by molar-refractivity contribution is 5.93. The molecule has 0 radical (unpaired) electrons. The van der Waals surface area contributed by atoms with Gasteiger partial charge in [-0.3, -0.25) is 4.79 Å². The van der Waals surface area contributed by atoms with Gasteiger partial charge in [0.2, 0.25) is 0 Å². The van der Waals surface area contributed by atoms with Crippen LogP contribution in [0.1, 0.15) is 28.2 Å². The van der Waals surface area contributed by atoms with E-state index in [9.17, 15) is 18.0 Å². The fourth-order valence-electron chi connectivity index (χ4n) is 3.21. The molecule has 1 aliphatic heterocycles. The molecule has 0 bridgehead atoms. The number of alkyl halides is 3. The summed E-state index contributed by atoms with van der Waals surface area (Å²) in [6, 6.07) is 6.15. The monoisotopic (exact) mass is 376 g/mol. The summed E-state index contributed by atoms with van der Waals surface area (Å²) in [7, 11) is 0. The molecule has 1 unspecified atom stereocenters. The zero-order chi connectivity index (χ0) is 19.0. The van der Waals surface area contributed by atoms with Gasteiger partial charge in [-0.05, 0) is 12.5 Å². The van der Waals surface area contributed by atoms with Crippen LogP contribution in [0.5, 0.6) is 0 Å². The number of rotatable bonds is 3. The molecular weight excluding hydrogens is 361 g/mol. The molecule has 1 amide bonds. The Labute approximate surface area is 152 Å². The molecule has 4 rings (SSSR count). The number of aromatic nitrogens is 3. The Hall–Kier alpha value is -3.10. The number of carbonyl (C=O) groups is 1. The first-order valence-corrected chi connectivity index (χ1v) is 8.35. The number of fused-ring (bicyclic) bond motifs is 1. The average Bonchev–Trinajstić information content (AvgIpc) is 3.30. The molecule has 3 aromatic rings. The number of imidazole rings is 1. The minimum Gasteiger partial charge on any atom is -0.355 e. The molecule has 3 heterocycles. The first-order valence-electron chi connectivity index (χ1n) is 8.35. The van der Waals surface area contributed by atoms with E-state index in [4.69, 9.17) is 4.52 Å². The van der Waals surface area contributed by atoms with Gasteiger partial charge >= 0.3 is 6.18 Å². The molecule has 0 saturated heterocycles. The summed E-state index contributed by atoms with van der Waals surface area (Å²) in [5.74, 6) is -0.581. The van der Waals surface area contributed by atoms with Crippen molar-refractivity contribution in [3.8, 4) is 11.3 Å². The Morgan fingerprint density at radius 1 is 1.30 bits per heavy atom. The van der Waals surface area contributed by atoms with E-state index >= 15 is 0 Å². The fourth-order valence-corrected chi connectivity index (χ4v) is 3.21. The maximum absolute atomic E-state index is 13.2. The lowest BCUT2D eigenvalue weighted by Gasteiger charge is -2.24. The quantitative estimate of drug-likeness (QED) is 0.761. The van der Waals surface area contributed by atoms with Crippen LogP contribution in [0.4, 0.5) is 13.2 Å². The third kappa shape index (κ3) is 3.44. The molecule has 0 fully saturated rings. The Morgan fingerprint density at radius 3 is 2.93 bits per heavy atom. The number of benzene rings is 1. The van der Waals surface area contributed by atoms with Crippen molar-refractivity contribution in [2.75, 3.05) is 0 Å². The molecule has 27 heavy (non-hydrogen) atoms. The van der Waals surface area contributed by atoms with E-state index in [0.29, 0.717) is 6.42 Å². The van der Waals surface area contributed by atoms with Gasteiger partial charge in [-0.2, -0.15) is 13.2 Å². The lowest BCUT2D eigenvalue weighted by atomic mass is 10.0. The second-order valence-electron chi connectivity index (χ2n) is 6.36. The SMILES string of the molecule is O=C(NC1CCn2cncc2C1)c1cc(-c2ccccc2C(F)(F)F)on1. The molecule has 1 N–H and O–H groups in total. The van der Waals surface area contributed by atoms with Gasteiger partial charge in [-0.1, -0.05) is 23.4 Å². The zero-order valence-electron chi connectivity index (χ0n) is 14.0. The van der Waals surface area contributed by atoms with Gasteiger partial charge < -0.3 is 14.4 Å². The number of hydrogen-bond donors (Lipinski definition) is 1. The molecule has 1 aliphatic rings. The Bertz CT molecular complexity index is 977. The van der Waals surface area contributed by atoms with E-state index < -0.39 is 17.6 Å². The average molecular weight is 376 g/mol. The third-order valence-electron chi connectivity index (χ3n) is 4.55. The van der Waals surface area contributed by atoms with Crippen molar-refractivity contribution in [2.24, 2.45) is 0 Å². The minimum absolute atomic E-state index is 0.0546. The summed E-state index contributed by atoms with van der Waals surface area (Å²) in [6.45, 7) is 0.739. The second-order valence-corrected chi connectivity index (χ2v) is 6.36. The number of carbonyl (C=O) groups excluding carboxylic acids is 1. The van der Waals surface area contributed by atoms with E-state index in [1.807, 2.05) is 4.57 Å². The number of nitrogens with one attached hydrogen (secondary N) is 1. The molecule has 6 nitrogen and oxygen atoms in total. The van der Waals surface area contributed by atoms with Gasteiger partial charge in [-0.15, -0.1) is 0 Å². The summed E-state index contributed by atoms with van der Waals surface area (Å²) in [5.41, 5.74) is -0.0284. The first-order chi connectivity index (χ1) is 12.9. The number of amides is 1. The molecule has 9 heteroatoms. The summed E-state index contributed by atoms with van der Waals surface area (Å²) >= 11 is 0. The molecule has 2 aromatic heterocycles. The van der Waals surface area contributed by atoms with Gasteiger partial charge in [-0.25, -0.2) is 4.98 Å². The van der Waals surface area contributed by atoms with E-state index in [0.717, 1.165) is 24.7 Å². The van der Waals surface area contributed by atoms with Crippen molar-refractivity contribution in [3.63, 3.8) is 0 Å². The van der Waals surface area contributed by atoms with E-state index in [-0.39, 0.29) is 23.1 Å². The smallest absolute Gasteiger partial charge is 0.355 e. The maximum atomic E-state index is 13.2. The van der Waals surface area contributed by atoms with Crippen LogP contribution in [0, 0.1) is 0 Å². The lowest BCUT2D eigenvalue weighted by molar-refractivity contribution is -0.137. The van der Waals surface area contributed by atoms with Crippen LogP contribution in [-0.2, 0) is 19.1 Å². The van der Waals surface area contributed by atoms with Crippen molar-refractivity contribution in [2.45, 2.75) is 31.6 Å². The molecule has 140 valence electrons. The van der Waals surface area contributed by atoms with Crippen LogP contribution >= 0.6 is 0 Å². The van der Waals surface area contributed by atoms with Gasteiger partial charge in [0.15, 0.2) is 11.5 Å². The molecular formula is C18H15F3N4O2. The van der Waals surface area contributed by atoms with E-state index in [1.54, 1.807) is 12.5 Å². The molecule has 1 atom stereocenters. The normalized spacial score (nSPS) is 16.8. The van der Waals surface area contributed by atoms with Crippen LogP contribution in [0.2, 0.25) is 0 Å². The largest absolute Gasteiger partial charge is 0.417 e. The molecule has 0 spiro atoms. The van der Waals surface area contributed by atoms with Crippen LogP contribution in [0.25, 0.3) is 11.3 Å². The van der Waals surface area contributed by atoms with Crippen LogP contribution in [-0.4, -0.2) is 26.7 Å². The highest BCUT2D eigenvalue weighted by atomic mass is 19.4. The highest BCUT2D eigenvalue weighted by Gasteiger charge is 2.34. The van der Waals surface area contributed by atoms with Gasteiger partial charge in [0.25, 0.3) is 5.91 Å². The third-order valence-corrected chi connectivity index (χ3v) is 4.55. The van der Waals surface area contributed by atoms with Crippen molar-refractivity contribution in [1.29, 1.82) is 0 Å². The first kappa shape index (κ1) is 17.3. The molecule has 1 aromatic carbocycles. The van der Waals surface area contributed by atoms with Gasteiger partial charge in [0.1, 0.15) is 0 Å². The van der Waals surface area contributed by atoms with Gasteiger partial charge in [0.05, 0.1) is 11.9 Å². The zero-order valence-corrected chi connectivity index (χ0v) is 14.0. The maximum Gasteiger partial charge on any atom is 0.417 e. The van der Waals surface area contributed by atoms with Crippen molar-refractivity contribution in [1.82, 2.24) is 20.0 Å². The van der Waals surface area contributed by atoms with E-state index in [1.165, 1.54) is 24.3 Å². The highest BCUT2D eigenvalue weighted by Crippen LogP contribution is 2.37. The second kappa shape index (κ2) is 6.57. The summed E-state index contributed by atoms with van der Waals surface area (Å²) in [4.78, 5) is 16.5. The number of aryl methyl sites for hydroxylation is 1. The number of halogens is 3. The molecule has 0 aliphatic carbocycles. The Kier molecular flexibility index (Phi) is 4.21. The van der Waals surface area contributed by atoms with Crippen LogP contribution in [0.3, 0.4) is 0 Å². The number of nitrogens with zero attached hydrogens (tertiary/aromatic N) is 3. The van der Waals surface area contributed by atoms with E-state index in [2.05, 4.69) is 15.5 Å². The Morgan fingerprint density at radius 2 is 2.11 bits per heavy atom. The Balaban J connectivity index is 1.51. The van der Waals surface area contributed by atoms with Crippen LogP contribution in [0.15, 0.2) is 47.4 Å². The summed E-state index contributed by atoms with van der Waals surface area (Å²) in [5, 5.41) is 6.49. The summed E-state index contributed by atoms with van der Waals surface area (Å²) < 4.78 is 46.5. The lowest BCUT2D eigenvalue weighted by Crippen LogP contribution is -2.40. The predicted molar refractivity (Wildman–Crippen MR) is 88.7 cm³/mol. The van der Waals surface area contributed by atoms with Crippen molar-refractivity contribution in [3.05, 3.63) is 59.8 Å². The molecule has 0 saturated carbocycles. The summed E-state index contributed by atoms with van der Waals surface area (Å²) in [6.07, 6.45) is 0.330. The van der Waals surface area contributed by atoms with Crippen molar-refractivity contribution < 1.29 is 22.5 Å². The topological polar surface area (TPSA) is 73.0 Å².